The Balaban J connectivity index is 2.54. The summed E-state index contributed by atoms with van der Waals surface area (Å²) in [6.45, 7) is 0. The van der Waals surface area contributed by atoms with Gasteiger partial charge in [-0.1, -0.05) is 30.3 Å². The molecule has 1 unspecified atom stereocenters. The Morgan fingerprint density at radius 2 is 1.75 bits per heavy atom. The van der Waals surface area contributed by atoms with Crippen LogP contribution in [0.5, 0.6) is 0 Å². The molecule has 0 saturated carbocycles. The van der Waals surface area contributed by atoms with Crippen LogP contribution in [0.4, 0.5) is 5.69 Å². The van der Waals surface area contributed by atoms with E-state index < -0.39 is 27.5 Å². The SMILES string of the molecule is O=C(c1ccccc1)c1ccc(S(=O)[O-])cc1[N+](=O)[O-]. The smallest absolute Gasteiger partial charge is 0.281 e. The minimum absolute atomic E-state index is 0.143. The van der Waals surface area contributed by atoms with Crippen molar-refractivity contribution >= 4 is 22.6 Å². The summed E-state index contributed by atoms with van der Waals surface area (Å²) in [7, 11) is 0. The molecule has 0 aromatic heterocycles. The van der Waals surface area contributed by atoms with Gasteiger partial charge in [0.05, 0.1) is 4.92 Å². The summed E-state index contributed by atoms with van der Waals surface area (Å²) in [6, 6.07) is 11.2. The van der Waals surface area contributed by atoms with Gasteiger partial charge in [-0.3, -0.25) is 19.1 Å². The van der Waals surface area contributed by atoms with Gasteiger partial charge < -0.3 is 4.55 Å². The van der Waals surface area contributed by atoms with E-state index >= 15 is 0 Å². The highest BCUT2D eigenvalue weighted by atomic mass is 32.2. The maximum absolute atomic E-state index is 12.2. The van der Waals surface area contributed by atoms with Crippen molar-refractivity contribution in [3.05, 3.63) is 69.8 Å². The average molecular weight is 290 g/mol. The van der Waals surface area contributed by atoms with E-state index in [-0.39, 0.29) is 10.5 Å². The van der Waals surface area contributed by atoms with Crippen molar-refractivity contribution in [1.82, 2.24) is 0 Å². The van der Waals surface area contributed by atoms with Crippen molar-refractivity contribution in [3.63, 3.8) is 0 Å². The predicted molar refractivity (Wildman–Crippen MR) is 70.2 cm³/mol. The third-order valence-corrected chi connectivity index (χ3v) is 3.28. The van der Waals surface area contributed by atoms with Gasteiger partial charge in [0.15, 0.2) is 5.78 Å². The fraction of sp³-hybridized carbons (Fsp3) is 0. The minimum Gasteiger partial charge on any atom is -0.768 e. The number of carbonyl (C=O) groups is 1. The van der Waals surface area contributed by atoms with Crippen molar-refractivity contribution in [2.45, 2.75) is 4.90 Å². The van der Waals surface area contributed by atoms with E-state index in [4.69, 9.17) is 0 Å². The zero-order valence-electron chi connectivity index (χ0n) is 10.0. The Kier molecular flexibility index (Phi) is 4.02. The van der Waals surface area contributed by atoms with E-state index in [1.54, 1.807) is 18.2 Å². The lowest BCUT2D eigenvalue weighted by molar-refractivity contribution is -0.385. The molecule has 0 aliphatic heterocycles. The Labute approximate surface area is 116 Å². The number of nitro benzene ring substituents is 1. The van der Waals surface area contributed by atoms with Crippen molar-refractivity contribution in [2.75, 3.05) is 0 Å². The van der Waals surface area contributed by atoms with E-state index in [1.807, 2.05) is 0 Å². The van der Waals surface area contributed by atoms with Gasteiger partial charge in [-0.05, 0) is 23.2 Å². The van der Waals surface area contributed by atoms with Crippen LogP contribution in [0.25, 0.3) is 0 Å². The van der Waals surface area contributed by atoms with Crippen LogP contribution in [-0.2, 0) is 11.1 Å². The third-order valence-electron chi connectivity index (χ3n) is 2.64. The fourth-order valence-electron chi connectivity index (χ4n) is 1.70. The van der Waals surface area contributed by atoms with Crippen molar-refractivity contribution < 1.29 is 18.5 Å². The first kappa shape index (κ1) is 14.0. The molecule has 0 aliphatic rings. The first-order chi connectivity index (χ1) is 9.50. The highest BCUT2D eigenvalue weighted by Gasteiger charge is 2.21. The van der Waals surface area contributed by atoms with Crippen LogP contribution in [0, 0.1) is 10.1 Å². The van der Waals surface area contributed by atoms with E-state index in [9.17, 15) is 23.7 Å². The molecular weight excluding hydrogens is 282 g/mol. The first-order valence-corrected chi connectivity index (χ1v) is 6.55. The summed E-state index contributed by atoms with van der Waals surface area (Å²) in [5.41, 5.74) is -0.373. The molecule has 20 heavy (non-hydrogen) atoms. The molecule has 0 radical (unpaired) electrons. The molecule has 0 saturated heterocycles. The molecule has 6 nitrogen and oxygen atoms in total. The quantitative estimate of drug-likeness (QED) is 0.371. The molecular formula is C13H8NO5S-. The molecule has 0 spiro atoms. The van der Waals surface area contributed by atoms with Crippen LogP contribution in [0.2, 0.25) is 0 Å². The molecule has 102 valence electrons. The Morgan fingerprint density at radius 3 is 2.30 bits per heavy atom. The lowest BCUT2D eigenvalue weighted by Gasteiger charge is -2.07. The summed E-state index contributed by atoms with van der Waals surface area (Å²) < 4.78 is 21.6. The van der Waals surface area contributed by atoms with Crippen molar-refractivity contribution in [2.24, 2.45) is 0 Å². The second-order valence-electron chi connectivity index (χ2n) is 3.87. The second kappa shape index (κ2) is 5.72. The number of ketones is 1. The number of nitro groups is 1. The third kappa shape index (κ3) is 2.79. The Hall–Kier alpha value is -2.38. The monoisotopic (exact) mass is 290 g/mol. The van der Waals surface area contributed by atoms with E-state index in [0.29, 0.717) is 5.56 Å². The highest BCUT2D eigenvalue weighted by Crippen LogP contribution is 2.24. The van der Waals surface area contributed by atoms with Crippen LogP contribution in [-0.4, -0.2) is 19.5 Å². The molecule has 2 rings (SSSR count). The van der Waals surface area contributed by atoms with E-state index in [0.717, 1.165) is 18.2 Å². The summed E-state index contributed by atoms with van der Waals surface area (Å²) >= 11 is -2.59. The summed E-state index contributed by atoms with van der Waals surface area (Å²) in [5, 5.41) is 11.0. The normalized spacial score (nSPS) is 11.8. The summed E-state index contributed by atoms with van der Waals surface area (Å²) in [6.07, 6.45) is 0. The first-order valence-electron chi connectivity index (χ1n) is 5.48. The summed E-state index contributed by atoms with van der Waals surface area (Å²) in [4.78, 5) is 22.2. The van der Waals surface area contributed by atoms with Crippen LogP contribution in [0.3, 0.4) is 0 Å². The van der Waals surface area contributed by atoms with Gasteiger partial charge in [0.2, 0.25) is 0 Å². The van der Waals surface area contributed by atoms with Gasteiger partial charge in [-0.2, -0.15) is 0 Å². The van der Waals surface area contributed by atoms with Crippen molar-refractivity contribution in [1.29, 1.82) is 0 Å². The maximum Gasteiger partial charge on any atom is 0.281 e. The lowest BCUT2D eigenvalue weighted by atomic mass is 10.0. The van der Waals surface area contributed by atoms with Gasteiger partial charge >= 0.3 is 0 Å². The number of rotatable bonds is 4. The second-order valence-corrected chi connectivity index (χ2v) is 4.81. The number of hydrogen-bond donors (Lipinski definition) is 0. The van der Waals surface area contributed by atoms with Crippen LogP contribution in [0.15, 0.2) is 53.4 Å². The minimum atomic E-state index is -2.59. The van der Waals surface area contributed by atoms with E-state index in [2.05, 4.69) is 0 Å². The molecule has 0 amide bonds. The molecule has 1 atom stereocenters. The van der Waals surface area contributed by atoms with Gasteiger partial charge in [-0.15, -0.1) is 0 Å². The summed E-state index contributed by atoms with van der Waals surface area (Å²) in [5.74, 6) is -0.527. The molecule has 0 fully saturated rings. The molecule has 0 aliphatic carbocycles. The molecule has 0 bridgehead atoms. The number of nitrogens with zero attached hydrogens (tertiary/aromatic N) is 1. The van der Waals surface area contributed by atoms with E-state index in [1.165, 1.54) is 12.1 Å². The Bertz CT molecular complexity index is 699. The average Bonchev–Trinajstić information content (AvgIpc) is 2.46. The Morgan fingerprint density at radius 1 is 1.10 bits per heavy atom. The molecule has 7 heteroatoms. The van der Waals surface area contributed by atoms with Gasteiger partial charge in [-0.25, -0.2) is 0 Å². The molecule has 2 aromatic rings. The number of carbonyl (C=O) groups excluding carboxylic acids is 1. The predicted octanol–water partition coefficient (Wildman–Crippen LogP) is 2.06. The maximum atomic E-state index is 12.2. The van der Waals surface area contributed by atoms with Crippen molar-refractivity contribution in [3.8, 4) is 0 Å². The van der Waals surface area contributed by atoms with Gasteiger partial charge in [0, 0.05) is 16.5 Å². The zero-order chi connectivity index (χ0) is 14.7. The molecule has 0 heterocycles. The fourth-order valence-corrected chi connectivity index (χ4v) is 2.09. The highest BCUT2D eigenvalue weighted by molar-refractivity contribution is 7.79. The van der Waals surface area contributed by atoms with Gasteiger partial charge in [0.1, 0.15) is 5.56 Å². The van der Waals surface area contributed by atoms with Crippen LogP contribution in [0.1, 0.15) is 15.9 Å². The number of hydrogen-bond acceptors (Lipinski definition) is 5. The van der Waals surface area contributed by atoms with Crippen LogP contribution < -0.4 is 0 Å². The lowest BCUT2D eigenvalue weighted by Crippen LogP contribution is -2.06. The topological polar surface area (TPSA) is 100 Å². The largest absolute Gasteiger partial charge is 0.768 e. The number of benzene rings is 2. The molecule has 0 N–H and O–H groups in total. The molecule has 2 aromatic carbocycles. The van der Waals surface area contributed by atoms with Crippen LogP contribution >= 0.6 is 0 Å². The standard InChI is InChI=1S/C13H9NO5S/c15-13(9-4-2-1-3-5-9)11-7-6-10(20(18)19)8-12(11)14(16)17/h1-8H,(H,18,19)/p-1. The zero-order valence-corrected chi connectivity index (χ0v) is 10.8. The van der Waals surface area contributed by atoms with Gasteiger partial charge in [0.25, 0.3) is 5.69 Å².